The van der Waals surface area contributed by atoms with Crippen molar-refractivity contribution >= 4 is 0 Å². The molecule has 0 radical (unpaired) electrons. The van der Waals surface area contributed by atoms with Crippen LogP contribution in [0.1, 0.15) is 40.5 Å². The van der Waals surface area contributed by atoms with Crippen LogP contribution in [0.3, 0.4) is 0 Å². The summed E-state index contributed by atoms with van der Waals surface area (Å²) < 4.78 is 0. The van der Waals surface area contributed by atoms with Crippen LogP contribution in [0.2, 0.25) is 0 Å². The van der Waals surface area contributed by atoms with Crippen LogP contribution >= 0.6 is 0 Å². The van der Waals surface area contributed by atoms with E-state index in [0.29, 0.717) is 0 Å². The molecule has 0 N–H and O–H groups in total. The Morgan fingerprint density at radius 1 is 1.25 bits per heavy atom. The lowest BCUT2D eigenvalue weighted by atomic mass is 10.0. The van der Waals surface area contributed by atoms with Crippen molar-refractivity contribution in [2.24, 2.45) is 11.8 Å². The quantitative estimate of drug-likeness (QED) is 0.592. The summed E-state index contributed by atoms with van der Waals surface area (Å²) in [6.45, 7) is 9.11. The van der Waals surface area contributed by atoms with Crippen molar-refractivity contribution in [1.82, 2.24) is 0 Å². The van der Waals surface area contributed by atoms with Crippen molar-refractivity contribution in [1.29, 1.82) is 0 Å². The molecule has 0 aromatic heterocycles. The summed E-state index contributed by atoms with van der Waals surface area (Å²) in [6, 6.07) is 0. The maximum Gasteiger partial charge on any atom is -0.0127 e. The molecule has 12 heavy (non-hydrogen) atoms. The van der Waals surface area contributed by atoms with Gasteiger partial charge in [0.1, 0.15) is 0 Å². The van der Waals surface area contributed by atoms with Gasteiger partial charge in [0.2, 0.25) is 0 Å². The highest BCUT2D eigenvalue weighted by atomic mass is 14.2. The molecule has 0 heteroatoms. The molecule has 0 aliphatic heterocycles. The van der Waals surface area contributed by atoms with Crippen LogP contribution < -0.4 is 0 Å². The fraction of sp³-hybridized carbons (Fsp3) is 0.667. The zero-order valence-electron chi connectivity index (χ0n) is 8.72. The molecule has 0 amide bonds. The third-order valence-electron chi connectivity index (χ3n) is 2.36. The normalized spacial score (nSPS) is 17.2. The summed E-state index contributed by atoms with van der Waals surface area (Å²) in [5.74, 6) is 1.52. The van der Waals surface area contributed by atoms with Crippen LogP contribution in [-0.4, -0.2) is 0 Å². The summed E-state index contributed by atoms with van der Waals surface area (Å²) in [6.07, 6.45) is 7.22. The summed E-state index contributed by atoms with van der Waals surface area (Å²) in [5, 5.41) is 0. The number of hydrogen-bond donors (Lipinski definition) is 0. The smallest absolute Gasteiger partial charge is 0.0127 e. The number of hydrogen-bond acceptors (Lipinski definition) is 0. The van der Waals surface area contributed by atoms with Gasteiger partial charge in [0.05, 0.1) is 0 Å². The van der Waals surface area contributed by atoms with Crippen molar-refractivity contribution in [2.45, 2.75) is 40.5 Å². The van der Waals surface area contributed by atoms with Crippen molar-refractivity contribution in [2.75, 3.05) is 0 Å². The molecule has 1 aliphatic rings. The largest absolute Gasteiger partial charge is 0.0772 e. The second-order valence-corrected chi connectivity index (χ2v) is 4.46. The van der Waals surface area contributed by atoms with E-state index >= 15 is 0 Å². The van der Waals surface area contributed by atoms with Gasteiger partial charge in [-0.1, -0.05) is 51.0 Å². The Hall–Kier alpha value is -0.520. The molecule has 1 aliphatic carbocycles. The van der Waals surface area contributed by atoms with Gasteiger partial charge in [-0.05, 0) is 24.7 Å². The van der Waals surface area contributed by atoms with Crippen molar-refractivity contribution in [3.05, 3.63) is 23.3 Å². The Bertz CT molecular complexity index is 204. The summed E-state index contributed by atoms with van der Waals surface area (Å²) in [4.78, 5) is 0. The van der Waals surface area contributed by atoms with E-state index in [4.69, 9.17) is 0 Å². The second kappa shape index (κ2) is 3.93. The van der Waals surface area contributed by atoms with E-state index in [-0.39, 0.29) is 0 Å². The third-order valence-corrected chi connectivity index (χ3v) is 2.36. The van der Waals surface area contributed by atoms with Gasteiger partial charge in [-0.25, -0.2) is 0 Å². The third kappa shape index (κ3) is 2.51. The van der Waals surface area contributed by atoms with E-state index in [1.54, 1.807) is 11.1 Å². The molecular formula is C12H20. The van der Waals surface area contributed by atoms with Gasteiger partial charge >= 0.3 is 0 Å². The van der Waals surface area contributed by atoms with Gasteiger partial charge in [0, 0.05) is 0 Å². The van der Waals surface area contributed by atoms with E-state index in [1.807, 2.05) is 0 Å². The zero-order chi connectivity index (χ0) is 9.14. The van der Waals surface area contributed by atoms with E-state index in [2.05, 4.69) is 39.8 Å². The predicted molar refractivity (Wildman–Crippen MR) is 55.1 cm³/mol. The summed E-state index contributed by atoms with van der Waals surface area (Å²) in [5.41, 5.74) is 3.15. The Balaban J connectivity index is 2.50. The molecular weight excluding hydrogens is 144 g/mol. The average molecular weight is 164 g/mol. The molecule has 1 rings (SSSR count). The Morgan fingerprint density at radius 2 is 1.92 bits per heavy atom. The second-order valence-electron chi connectivity index (χ2n) is 4.46. The van der Waals surface area contributed by atoms with Gasteiger partial charge in [0.15, 0.2) is 0 Å². The standard InChI is InChI=1S/C12H20/c1-9(2)7-11-5-6-12(8-11)10(3)4/h5,8-10H,6-7H2,1-4H3. The molecule has 68 valence electrons. The molecule has 0 nitrogen and oxygen atoms in total. The first-order valence-corrected chi connectivity index (χ1v) is 4.99. The monoisotopic (exact) mass is 164 g/mol. The minimum absolute atomic E-state index is 0.728. The lowest BCUT2D eigenvalue weighted by molar-refractivity contribution is 0.650. The van der Waals surface area contributed by atoms with Crippen LogP contribution in [0.25, 0.3) is 0 Å². The van der Waals surface area contributed by atoms with E-state index < -0.39 is 0 Å². The lowest BCUT2D eigenvalue weighted by Gasteiger charge is -2.04. The van der Waals surface area contributed by atoms with Crippen molar-refractivity contribution in [3.63, 3.8) is 0 Å². The zero-order valence-corrected chi connectivity index (χ0v) is 8.72. The molecule has 0 saturated heterocycles. The topological polar surface area (TPSA) is 0 Å². The van der Waals surface area contributed by atoms with E-state index in [1.165, 1.54) is 12.8 Å². The molecule has 0 spiro atoms. The highest BCUT2D eigenvalue weighted by Crippen LogP contribution is 2.27. The molecule has 0 aromatic carbocycles. The fourth-order valence-electron chi connectivity index (χ4n) is 1.62. The molecule has 0 fully saturated rings. The summed E-state index contributed by atoms with van der Waals surface area (Å²) in [7, 11) is 0. The van der Waals surface area contributed by atoms with Crippen LogP contribution in [0.15, 0.2) is 23.3 Å². The Kier molecular flexibility index (Phi) is 3.13. The fourth-order valence-corrected chi connectivity index (χ4v) is 1.62. The minimum atomic E-state index is 0.728. The minimum Gasteiger partial charge on any atom is -0.0772 e. The first kappa shape index (κ1) is 9.57. The van der Waals surface area contributed by atoms with Crippen LogP contribution in [0.4, 0.5) is 0 Å². The molecule has 0 heterocycles. The highest BCUT2D eigenvalue weighted by Gasteiger charge is 2.10. The van der Waals surface area contributed by atoms with Crippen LogP contribution in [-0.2, 0) is 0 Å². The maximum atomic E-state index is 2.39. The SMILES string of the molecule is CC(C)CC1=CCC(C(C)C)=C1. The molecule has 0 bridgehead atoms. The van der Waals surface area contributed by atoms with Gasteiger partial charge in [0.25, 0.3) is 0 Å². The van der Waals surface area contributed by atoms with Gasteiger partial charge in [-0.15, -0.1) is 0 Å². The first-order chi connectivity index (χ1) is 5.59. The Morgan fingerprint density at radius 3 is 2.33 bits per heavy atom. The van der Waals surface area contributed by atoms with Crippen molar-refractivity contribution in [3.8, 4) is 0 Å². The molecule has 0 aromatic rings. The van der Waals surface area contributed by atoms with Crippen LogP contribution in [0, 0.1) is 11.8 Å². The first-order valence-electron chi connectivity index (χ1n) is 4.99. The van der Waals surface area contributed by atoms with Gasteiger partial charge < -0.3 is 0 Å². The Labute approximate surface area is 76.4 Å². The van der Waals surface area contributed by atoms with Crippen molar-refractivity contribution < 1.29 is 0 Å². The van der Waals surface area contributed by atoms with E-state index in [9.17, 15) is 0 Å². The number of allylic oxidation sites excluding steroid dienone is 4. The molecule has 0 atom stereocenters. The number of rotatable bonds is 3. The molecule has 0 unspecified atom stereocenters. The van der Waals surface area contributed by atoms with Crippen LogP contribution in [0.5, 0.6) is 0 Å². The van der Waals surface area contributed by atoms with Gasteiger partial charge in [-0.3, -0.25) is 0 Å². The van der Waals surface area contributed by atoms with Gasteiger partial charge in [-0.2, -0.15) is 0 Å². The summed E-state index contributed by atoms with van der Waals surface area (Å²) >= 11 is 0. The van der Waals surface area contributed by atoms with E-state index in [0.717, 1.165) is 11.8 Å². The predicted octanol–water partition coefficient (Wildman–Crippen LogP) is 3.95. The average Bonchev–Trinajstić information content (AvgIpc) is 2.34. The highest BCUT2D eigenvalue weighted by molar-refractivity contribution is 5.33. The molecule has 0 saturated carbocycles. The maximum absolute atomic E-state index is 2.39. The lowest BCUT2D eigenvalue weighted by Crippen LogP contribution is -1.90.